The topological polar surface area (TPSA) is 135 Å². The molecule has 0 radical (unpaired) electrons. The van der Waals surface area contributed by atoms with Crippen LogP contribution in [-0.4, -0.2) is 89.1 Å². The standard InChI is InChI=1S/C20H30ClN5O6/c1-11-15(30-8-6-22-11)14-13(17(27)28)16(25-18(21)24-14)31-10-12-9-26(7-5-23-12)19(29)32-20(2,3)4/h11-12,15,22-23H,5-10H2,1-4H3,(H,27,28). The Kier molecular flexibility index (Phi) is 7.75. The summed E-state index contributed by atoms with van der Waals surface area (Å²) in [5, 5.41) is 16.2. The Morgan fingerprint density at radius 3 is 2.69 bits per heavy atom. The van der Waals surface area contributed by atoms with E-state index in [1.165, 1.54) is 0 Å². The van der Waals surface area contributed by atoms with E-state index in [-0.39, 0.29) is 41.1 Å². The number of aromatic carboxylic acids is 1. The number of carbonyl (C=O) groups excluding carboxylic acids is 1. The molecule has 1 amide bonds. The molecule has 0 bridgehead atoms. The van der Waals surface area contributed by atoms with Crippen LogP contribution in [0, 0.1) is 0 Å². The van der Waals surface area contributed by atoms with Gasteiger partial charge in [-0.05, 0) is 39.3 Å². The zero-order chi connectivity index (χ0) is 23.5. The van der Waals surface area contributed by atoms with Gasteiger partial charge in [0.15, 0.2) is 0 Å². The quantitative estimate of drug-likeness (QED) is 0.541. The Morgan fingerprint density at radius 1 is 1.28 bits per heavy atom. The molecule has 2 aliphatic heterocycles. The first-order valence-corrected chi connectivity index (χ1v) is 10.9. The first-order valence-electron chi connectivity index (χ1n) is 10.5. The normalized spacial score (nSPS) is 24.2. The molecule has 3 unspecified atom stereocenters. The maximum atomic E-state index is 12.4. The summed E-state index contributed by atoms with van der Waals surface area (Å²) in [5.41, 5.74) is -0.611. The number of piperazine rings is 1. The second kappa shape index (κ2) is 10.2. The average Bonchev–Trinajstić information content (AvgIpc) is 2.71. The van der Waals surface area contributed by atoms with Crippen LogP contribution < -0.4 is 15.4 Å². The Hall–Kier alpha value is -2.21. The van der Waals surface area contributed by atoms with Crippen LogP contribution in [0.5, 0.6) is 5.88 Å². The van der Waals surface area contributed by atoms with E-state index in [9.17, 15) is 14.7 Å². The molecule has 12 heteroatoms. The molecule has 0 aromatic carbocycles. The number of halogens is 1. The van der Waals surface area contributed by atoms with Gasteiger partial charge in [-0.25, -0.2) is 14.6 Å². The van der Waals surface area contributed by atoms with Crippen molar-refractivity contribution in [2.75, 3.05) is 39.4 Å². The molecule has 0 saturated carbocycles. The highest BCUT2D eigenvalue weighted by molar-refractivity contribution is 6.28. The van der Waals surface area contributed by atoms with Crippen LogP contribution >= 0.6 is 11.6 Å². The Morgan fingerprint density at radius 2 is 2.03 bits per heavy atom. The first kappa shape index (κ1) is 24.4. The van der Waals surface area contributed by atoms with Crippen molar-refractivity contribution in [1.82, 2.24) is 25.5 Å². The predicted molar refractivity (Wildman–Crippen MR) is 115 cm³/mol. The number of hydrogen-bond donors (Lipinski definition) is 3. The summed E-state index contributed by atoms with van der Waals surface area (Å²) in [4.78, 5) is 34.2. The van der Waals surface area contributed by atoms with E-state index in [1.807, 2.05) is 27.7 Å². The number of carboxylic acids is 1. The molecule has 2 aliphatic rings. The predicted octanol–water partition coefficient (Wildman–Crippen LogP) is 1.47. The molecule has 1 aromatic heterocycles. The molecule has 3 N–H and O–H groups in total. The van der Waals surface area contributed by atoms with Crippen LogP contribution in [0.2, 0.25) is 5.28 Å². The van der Waals surface area contributed by atoms with Crippen molar-refractivity contribution >= 4 is 23.7 Å². The fourth-order valence-corrected chi connectivity index (χ4v) is 3.76. The Balaban J connectivity index is 1.74. The molecule has 0 aliphatic carbocycles. The minimum Gasteiger partial charge on any atom is -0.477 e. The van der Waals surface area contributed by atoms with Gasteiger partial charge in [0.25, 0.3) is 0 Å². The fourth-order valence-electron chi connectivity index (χ4n) is 3.59. The van der Waals surface area contributed by atoms with E-state index in [0.717, 1.165) is 0 Å². The monoisotopic (exact) mass is 471 g/mol. The number of hydrogen-bond acceptors (Lipinski definition) is 9. The zero-order valence-corrected chi connectivity index (χ0v) is 19.4. The van der Waals surface area contributed by atoms with E-state index in [1.54, 1.807) is 4.90 Å². The lowest BCUT2D eigenvalue weighted by atomic mass is 10.0. The number of nitrogens with one attached hydrogen (secondary N) is 2. The molecule has 2 saturated heterocycles. The molecule has 2 fully saturated rings. The molecule has 3 rings (SSSR count). The van der Waals surface area contributed by atoms with Gasteiger partial charge in [-0.15, -0.1) is 0 Å². The number of aromatic nitrogens is 2. The number of morpholine rings is 1. The van der Waals surface area contributed by atoms with Gasteiger partial charge < -0.3 is 34.9 Å². The smallest absolute Gasteiger partial charge is 0.410 e. The Bertz CT molecular complexity index is 849. The lowest BCUT2D eigenvalue weighted by Crippen LogP contribution is -2.55. The summed E-state index contributed by atoms with van der Waals surface area (Å²) in [6.45, 7) is 9.84. The molecule has 1 aromatic rings. The van der Waals surface area contributed by atoms with Gasteiger partial charge >= 0.3 is 12.1 Å². The molecular weight excluding hydrogens is 442 g/mol. The maximum Gasteiger partial charge on any atom is 0.410 e. The number of carboxylic acid groups (broad SMARTS) is 1. The molecule has 3 heterocycles. The van der Waals surface area contributed by atoms with Crippen LogP contribution in [0.3, 0.4) is 0 Å². The van der Waals surface area contributed by atoms with Gasteiger partial charge in [-0.1, -0.05) is 0 Å². The largest absolute Gasteiger partial charge is 0.477 e. The van der Waals surface area contributed by atoms with Crippen molar-refractivity contribution < 1.29 is 28.9 Å². The van der Waals surface area contributed by atoms with Gasteiger partial charge in [0, 0.05) is 32.2 Å². The molecular formula is C20H30ClN5O6. The molecule has 178 valence electrons. The number of nitrogens with zero attached hydrogens (tertiary/aromatic N) is 3. The highest BCUT2D eigenvalue weighted by Gasteiger charge is 2.33. The third-order valence-electron chi connectivity index (χ3n) is 5.01. The SMILES string of the molecule is CC1NCCOC1c1nc(Cl)nc(OCC2CN(C(=O)OC(C)(C)C)CCN2)c1C(=O)O. The highest BCUT2D eigenvalue weighted by atomic mass is 35.5. The zero-order valence-electron chi connectivity index (χ0n) is 18.7. The molecule has 32 heavy (non-hydrogen) atoms. The fraction of sp³-hybridized carbons (Fsp3) is 0.700. The van der Waals surface area contributed by atoms with Crippen LogP contribution in [0.4, 0.5) is 4.79 Å². The third kappa shape index (κ3) is 6.18. The summed E-state index contributed by atoms with van der Waals surface area (Å²) in [5.74, 6) is -1.37. The number of carbonyl (C=O) groups is 2. The number of rotatable bonds is 5. The lowest BCUT2D eigenvalue weighted by Gasteiger charge is -2.34. The van der Waals surface area contributed by atoms with Gasteiger partial charge in [-0.2, -0.15) is 4.98 Å². The van der Waals surface area contributed by atoms with Gasteiger partial charge in [0.05, 0.1) is 18.3 Å². The van der Waals surface area contributed by atoms with Crippen LogP contribution in [0.25, 0.3) is 0 Å². The van der Waals surface area contributed by atoms with Crippen molar-refractivity contribution in [3.8, 4) is 5.88 Å². The molecule has 11 nitrogen and oxygen atoms in total. The third-order valence-corrected chi connectivity index (χ3v) is 5.18. The number of amides is 1. The summed E-state index contributed by atoms with van der Waals surface area (Å²) >= 11 is 6.09. The van der Waals surface area contributed by atoms with E-state index >= 15 is 0 Å². The van der Waals surface area contributed by atoms with Crippen molar-refractivity contribution in [3.05, 3.63) is 16.5 Å². The maximum absolute atomic E-state index is 12.4. The van der Waals surface area contributed by atoms with Crippen molar-refractivity contribution in [1.29, 1.82) is 0 Å². The summed E-state index contributed by atoms with van der Waals surface area (Å²) in [6, 6.07) is -0.412. The first-order chi connectivity index (χ1) is 15.0. The van der Waals surface area contributed by atoms with Gasteiger partial charge in [0.1, 0.15) is 23.9 Å². The lowest BCUT2D eigenvalue weighted by molar-refractivity contribution is -0.00405. The summed E-state index contributed by atoms with van der Waals surface area (Å²) in [6.07, 6.45) is -1.01. The summed E-state index contributed by atoms with van der Waals surface area (Å²) in [7, 11) is 0. The van der Waals surface area contributed by atoms with Gasteiger partial charge in [-0.3, -0.25) is 0 Å². The minimum atomic E-state index is -1.24. The number of ether oxygens (including phenoxy) is 3. The van der Waals surface area contributed by atoms with E-state index in [2.05, 4.69) is 20.6 Å². The average molecular weight is 472 g/mol. The van der Waals surface area contributed by atoms with E-state index in [0.29, 0.717) is 32.8 Å². The van der Waals surface area contributed by atoms with Crippen molar-refractivity contribution in [3.63, 3.8) is 0 Å². The van der Waals surface area contributed by atoms with Crippen LogP contribution in [0.15, 0.2) is 0 Å². The van der Waals surface area contributed by atoms with Crippen molar-refractivity contribution in [2.24, 2.45) is 0 Å². The highest BCUT2D eigenvalue weighted by Crippen LogP contribution is 2.31. The second-order valence-electron chi connectivity index (χ2n) is 8.79. The molecule has 0 spiro atoms. The van der Waals surface area contributed by atoms with Crippen molar-refractivity contribution in [2.45, 2.75) is 51.5 Å². The van der Waals surface area contributed by atoms with E-state index in [4.69, 9.17) is 25.8 Å². The van der Waals surface area contributed by atoms with Crippen LogP contribution in [-0.2, 0) is 9.47 Å². The summed E-state index contributed by atoms with van der Waals surface area (Å²) < 4.78 is 17.0. The minimum absolute atomic E-state index is 0.0751. The van der Waals surface area contributed by atoms with E-state index < -0.39 is 23.8 Å². The van der Waals surface area contributed by atoms with Gasteiger partial charge in [0.2, 0.25) is 11.2 Å². The second-order valence-corrected chi connectivity index (χ2v) is 9.12. The Labute approximate surface area is 191 Å². The molecule has 3 atom stereocenters. The van der Waals surface area contributed by atoms with Crippen LogP contribution in [0.1, 0.15) is 49.9 Å².